The lowest BCUT2D eigenvalue weighted by atomic mass is 10.2. The van der Waals surface area contributed by atoms with Crippen LogP contribution >= 0.6 is 0 Å². The number of alkyl halides is 3. The lowest BCUT2D eigenvalue weighted by Crippen LogP contribution is -2.28. The van der Waals surface area contributed by atoms with E-state index in [0.717, 1.165) is 12.1 Å². The van der Waals surface area contributed by atoms with Gasteiger partial charge < -0.3 is 4.74 Å². The highest BCUT2D eigenvalue weighted by molar-refractivity contribution is 7.89. The van der Waals surface area contributed by atoms with Crippen LogP contribution in [0.25, 0.3) is 17.0 Å². The smallest absolute Gasteiger partial charge is 0.416 e. The monoisotopic (exact) mass is 481 g/mol. The molecule has 0 amide bonds. The fourth-order valence-electron chi connectivity index (χ4n) is 2.89. The van der Waals surface area contributed by atoms with Crippen molar-refractivity contribution in [2.75, 3.05) is 13.2 Å². The van der Waals surface area contributed by atoms with Gasteiger partial charge in [-0.3, -0.25) is 0 Å². The number of nitrogens with zero attached hydrogens (tertiary/aromatic N) is 4. The average molecular weight is 481 g/mol. The molecule has 4 aromatic rings. The van der Waals surface area contributed by atoms with Gasteiger partial charge in [0.05, 0.1) is 10.5 Å². The van der Waals surface area contributed by atoms with Gasteiger partial charge in [0.25, 0.3) is 0 Å². The van der Waals surface area contributed by atoms with E-state index in [9.17, 15) is 26.0 Å². The molecule has 0 saturated heterocycles. The first-order valence-corrected chi connectivity index (χ1v) is 10.9. The Morgan fingerprint density at radius 3 is 2.45 bits per heavy atom. The maximum absolute atomic E-state index is 13.5. The number of aromatic nitrogens is 4. The maximum Gasteiger partial charge on any atom is 0.416 e. The second-order valence-electron chi connectivity index (χ2n) is 6.74. The van der Waals surface area contributed by atoms with Gasteiger partial charge >= 0.3 is 6.18 Å². The Kier molecular flexibility index (Phi) is 5.99. The van der Waals surface area contributed by atoms with Crippen LogP contribution in [-0.4, -0.2) is 41.4 Å². The van der Waals surface area contributed by atoms with E-state index in [1.54, 1.807) is 12.1 Å². The molecule has 0 unspecified atom stereocenters. The molecule has 0 atom stereocenters. The molecule has 0 bridgehead atoms. The van der Waals surface area contributed by atoms with E-state index in [2.05, 4.69) is 20.0 Å². The van der Waals surface area contributed by atoms with E-state index in [-0.39, 0.29) is 29.8 Å². The third kappa shape index (κ3) is 5.09. The number of benzene rings is 2. The molecule has 4 rings (SSSR count). The predicted molar refractivity (Wildman–Crippen MR) is 108 cm³/mol. The lowest BCUT2D eigenvalue weighted by molar-refractivity contribution is -0.137. The summed E-state index contributed by atoms with van der Waals surface area (Å²) in [5.74, 6) is -0.0244. The van der Waals surface area contributed by atoms with Gasteiger partial charge in [-0.1, -0.05) is 12.1 Å². The molecule has 0 aliphatic carbocycles. The molecule has 0 fully saturated rings. The second kappa shape index (κ2) is 8.75. The number of ether oxygens (including phenoxy) is 1. The zero-order valence-electron chi connectivity index (χ0n) is 16.6. The number of rotatable bonds is 7. The van der Waals surface area contributed by atoms with Crippen LogP contribution in [0.2, 0.25) is 0 Å². The van der Waals surface area contributed by atoms with E-state index < -0.39 is 27.6 Å². The molecule has 0 spiro atoms. The van der Waals surface area contributed by atoms with Gasteiger partial charge in [0.15, 0.2) is 11.5 Å². The topological polar surface area (TPSA) is 98.5 Å². The molecule has 0 aliphatic heterocycles. The van der Waals surface area contributed by atoms with Crippen LogP contribution < -0.4 is 9.46 Å². The molecule has 2 heterocycles. The van der Waals surface area contributed by atoms with Crippen molar-refractivity contribution < 1.29 is 30.7 Å². The molecule has 2 aromatic carbocycles. The molecule has 2 aromatic heterocycles. The summed E-state index contributed by atoms with van der Waals surface area (Å²) in [6.07, 6.45) is -4.56. The van der Waals surface area contributed by atoms with Gasteiger partial charge in [-0.2, -0.15) is 17.7 Å². The first kappa shape index (κ1) is 22.6. The Morgan fingerprint density at radius 2 is 1.76 bits per heavy atom. The first-order valence-electron chi connectivity index (χ1n) is 9.42. The second-order valence-corrected chi connectivity index (χ2v) is 8.51. The van der Waals surface area contributed by atoms with Crippen molar-refractivity contribution in [3.8, 4) is 17.3 Å². The number of nitrogens with one attached hydrogen (secondary N) is 1. The molecule has 33 heavy (non-hydrogen) atoms. The van der Waals surface area contributed by atoms with Crippen LogP contribution in [0.5, 0.6) is 5.88 Å². The van der Waals surface area contributed by atoms with Crippen molar-refractivity contribution in [2.24, 2.45) is 0 Å². The maximum atomic E-state index is 13.5. The van der Waals surface area contributed by atoms with E-state index in [1.165, 1.54) is 28.8 Å². The minimum atomic E-state index is -4.56. The average Bonchev–Trinajstić information content (AvgIpc) is 3.19. The van der Waals surface area contributed by atoms with Crippen LogP contribution in [0.1, 0.15) is 5.56 Å². The van der Waals surface area contributed by atoms with Crippen molar-refractivity contribution >= 4 is 15.7 Å². The van der Waals surface area contributed by atoms with Crippen LogP contribution in [0, 0.1) is 5.82 Å². The Morgan fingerprint density at radius 1 is 1.00 bits per heavy atom. The molecule has 172 valence electrons. The number of hydrogen-bond acceptors (Lipinski definition) is 6. The van der Waals surface area contributed by atoms with E-state index >= 15 is 0 Å². The molecular weight excluding hydrogens is 466 g/mol. The fourth-order valence-corrected chi connectivity index (χ4v) is 3.91. The van der Waals surface area contributed by atoms with Gasteiger partial charge in [-0.15, -0.1) is 15.3 Å². The summed E-state index contributed by atoms with van der Waals surface area (Å²) in [5, 5.41) is 12.2. The number of sulfonamides is 1. The molecule has 0 radical (unpaired) electrons. The molecule has 8 nitrogen and oxygen atoms in total. The van der Waals surface area contributed by atoms with Crippen molar-refractivity contribution in [1.29, 1.82) is 0 Å². The van der Waals surface area contributed by atoms with Gasteiger partial charge in [-0.25, -0.2) is 17.5 Å². The standard InChI is InChI=1S/C20H15F4N5O3S/c21-15-3-1-2-13(12-15)19-27-26-17-8-9-18(28-29(17)19)32-11-10-25-33(30,31)16-6-4-14(5-7-16)20(22,23)24/h1-9,12,25H,10-11H2. The van der Waals surface area contributed by atoms with E-state index in [4.69, 9.17) is 4.74 Å². The quantitative estimate of drug-likeness (QED) is 0.321. The highest BCUT2D eigenvalue weighted by Gasteiger charge is 2.30. The summed E-state index contributed by atoms with van der Waals surface area (Å²) >= 11 is 0. The number of halogens is 4. The van der Waals surface area contributed by atoms with Gasteiger partial charge in [-0.05, 0) is 42.5 Å². The van der Waals surface area contributed by atoms with Crippen LogP contribution in [0.3, 0.4) is 0 Å². The summed E-state index contributed by atoms with van der Waals surface area (Å²) in [6, 6.07) is 12.0. The van der Waals surface area contributed by atoms with Gasteiger partial charge in [0.2, 0.25) is 15.9 Å². The highest BCUT2D eigenvalue weighted by atomic mass is 32.2. The normalized spacial score (nSPS) is 12.2. The Balaban J connectivity index is 1.40. The van der Waals surface area contributed by atoms with Gasteiger partial charge in [0.1, 0.15) is 12.4 Å². The lowest BCUT2D eigenvalue weighted by Gasteiger charge is -2.10. The molecular formula is C20H15F4N5O3S. The third-order valence-electron chi connectivity index (χ3n) is 4.46. The first-order chi connectivity index (χ1) is 15.6. The van der Waals surface area contributed by atoms with Crippen molar-refractivity contribution in [3.63, 3.8) is 0 Å². The predicted octanol–water partition coefficient (Wildman–Crippen LogP) is 3.31. The Hall–Kier alpha value is -3.58. The van der Waals surface area contributed by atoms with Crippen molar-refractivity contribution in [3.05, 3.63) is 72.0 Å². The zero-order chi connectivity index (χ0) is 23.6. The third-order valence-corrected chi connectivity index (χ3v) is 5.93. The molecule has 1 N–H and O–H groups in total. The summed E-state index contributed by atoms with van der Waals surface area (Å²) in [5.41, 5.74) is -0.0982. The molecule has 0 aliphatic rings. The van der Waals surface area contributed by atoms with E-state index in [1.807, 2.05) is 0 Å². The van der Waals surface area contributed by atoms with Crippen molar-refractivity contribution in [1.82, 2.24) is 24.5 Å². The van der Waals surface area contributed by atoms with Crippen LogP contribution in [-0.2, 0) is 16.2 Å². The fraction of sp³-hybridized carbons (Fsp3) is 0.150. The van der Waals surface area contributed by atoms with Crippen LogP contribution in [0.4, 0.5) is 17.6 Å². The number of hydrogen-bond donors (Lipinski definition) is 1. The molecule has 0 saturated carbocycles. The van der Waals surface area contributed by atoms with E-state index in [0.29, 0.717) is 23.3 Å². The minimum absolute atomic E-state index is 0.115. The number of fused-ring (bicyclic) bond motifs is 1. The summed E-state index contributed by atoms with van der Waals surface area (Å²) in [7, 11) is -4.03. The largest absolute Gasteiger partial charge is 0.475 e. The summed E-state index contributed by atoms with van der Waals surface area (Å²) in [6.45, 7) is -0.280. The Labute approximate surface area is 184 Å². The zero-order valence-corrected chi connectivity index (χ0v) is 17.4. The van der Waals surface area contributed by atoms with Crippen LogP contribution in [0.15, 0.2) is 65.6 Å². The molecule has 13 heteroatoms. The SMILES string of the molecule is O=S(=O)(NCCOc1ccc2nnc(-c3cccc(F)c3)n2n1)c1ccc(C(F)(F)F)cc1. The highest BCUT2D eigenvalue weighted by Crippen LogP contribution is 2.29. The van der Waals surface area contributed by atoms with Crippen molar-refractivity contribution in [2.45, 2.75) is 11.1 Å². The summed E-state index contributed by atoms with van der Waals surface area (Å²) in [4.78, 5) is -0.306. The summed E-state index contributed by atoms with van der Waals surface area (Å²) < 4.78 is 85.0. The van der Waals surface area contributed by atoms with Gasteiger partial charge in [0, 0.05) is 18.2 Å². The minimum Gasteiger partial charge on any atom is -0.475 e. The Bertz CT molecular complexity index is 1390.